The molecule has 4 atom stereocenters. The van der Waals surface area contributed by atoms with Gasteiger partial charge in [-0.05, 0) is 104 Å². The van der Waals surface area contributed by atoms with Gasteiger partial charge in [0.05, 0.1) is 18.0 Å². The van der Waals surface area contributed by atoms with Gasteiger partial charge in [0.15, 0.2) is 11.5 Å². The zero-order chi connectivity index (χ0) is 38.6. The number of hydrogen-bond donors (Lipinski definition) is 2. The molecule has 55 heavy (non-hydrogen) atoms. The number of likely N-dealkylation sites (N-methyl/N-ethyl adjacent to an activating group) is 1. The van der Waals surface area contributed by atoms with Crippen LogP contribution in [0.4, 0.5) is 0 Å². The number of amides is 2. The van der Waals surface area contributed by atoms with Gasteiger partial charge < -0.3 is 24.4 Å². The van der Waals surface area contributed by atoms with E-state index in [0.29, 0.717) is 34.9 Å². The maximum absolute atomic E-state index is 14.0. The van der Waals surface area contributed by atoms with E-state index in [9.17, 15) is 18.0 Å². The van der Waals surface area contributed by atoms with Crippen LogP contribution in [0.5, 0.6) is 17.2 Å². The van der Waals surface area contributed by atoms with Crippen LogP contribution in [0.15, 0.2) is 83.8 Å². The van der Waals surface area contributed by atoms with Crippen molar-refractivity contribution in [1.82, 2.24) is 19.8 Å². The number of ether oxygens (including phenoxy) is 3. The monoisotopic (exact) mass is 792 g/mol. The van der Waals surface area contributed by atoms with Gasteiger partial charge in [-0.3, -0.25) is 14.5 Å². The summed E-state index contributed by atoms with van der Waals surface area (Å²) in [4.78, 5) is 32.0. The van der Waals surface area contributed by atoms with Gasteiger partial charge in [0, 0.05) is 44.6 Å². The summed E-state index contributed by atoms with van der Waals surface area (Å²) in [5.41, 5.74) is 2.63. The lowest BCUT2D eigenvalue weighted by molar-refractivity contribution is -0.136. The highest BCUT2D eigenvalue weighted by Gasteiger charge is 2.30. The van der Waals surface area contributed by atoms with Crippen molar-refractivity contribution in [2.75, 3.05) is 21.0 Å². The van der Waals surface area contributed by atoms with Crippen LogP contribution in [-0.4, -0.2) is 75.1 Å². The van der Waals surface area contributed by atoms with E-state index < -0.39 is 28.0 Å². The van der Waals surface area contributed by atoms with Gasteiger partial charge in [-0.15, -0.1) is 12.4 Å². The van der Waals surface area contributed by atoms with E-state index in [2.05, 4.69) is 40.9 Å². The fourth-order valence-corrected chi connectivity index (χ4v) is 8.52. The quantitative estimate of drug-likeness (QED) is 0.144. The Bertz CT molecular complexity index is 2070. The second-order valence-corrected chi connectivity index (χ2v) is 16.6. The van der Waals surface area contributed by atoms with Crippen LogP contribution in [-0.2, 0) is 32.6 Å². The SMILES string of the molecule is COc1ccc2cc(S(=O)(=O)N[C@H](CC(=O)N[C@@H](Cc3ccc(CN4C(C)CCCC4C)cc3)C(=O)N(C)C(C)C)c3ccc4c(c3)OCO4)ccc2c1.Cl. The lowest BCUT2D eigenvalue weighted by Crippen LogP contribution is -2.50. The van der Waals surface area contributed by atoms with Gasteiger partial charge in [-0.25, -0.2) is 13.1 Å². The molecule has 0 aromatic heterocycles. The van der Waals surface area contributed by atoms with Gasteiger partial charge in [0.25, 0.3) is 0 Å². The minimum absolute atomic E-state index is 0. The number of sulfonamides is 1. The summed E-state index contributed by atoms with van der Waals surface area (Å²) in [7, 11) is -0.830. The fourth-order valence-electron chi connectivity index (χ4n) is 7.26. The Morgan fingerprint density at radius 2 is 1.55 bits per heavy atom. The van der Waals surface area contributed by atoms with Crippen LogP contribution in [0.1, 0.15) is 76.1 Å². The van der Waals surface area contributed by atoms with E-state index in [1.807, 2.05) is 32.0 Å². The van der Waals surface area contributed by atoms with Crippen molar-refractivity contribution in [1.29, 1.82) is 0 Å². The molecule has 13 heteroatoms. The first-order valence-corrected chi connectivity index (χ1v) is 20.2. The number of fused-ring (bicyclic) bond motifs is 2. The van der Waals surface area contributed by atoms with Crippen molar-refractivity contribution < 1.29 is 32.2 Å². The second-order valence-electron chi connectivity index (χ2n) is 14.9. The molecule has 2 unspecified atom stereocenters. The summed E-state index contributed by atoms with van der Waals surface area (Å²) in [6.45, 7) is 9.32. The molecule has 2 aliphatic rings. The Kier molecular flexibility index (Phi) is 13.7. The van der Waals surface area contributed by atoms with Crippen LogP contribution >= 0.6 is 12.4 Å². The number of halogens is 1. The summed E-state index contributed by atoms with van der Waals surface area (Å²) < 4.78 is 47.0. The summed E-state index contributed by atoms with van der Waals surface area (Å²) >= 11 is 0. The van der Waals surface area contributed by atoms with E-state index in [0.717, 1.165) is 22.9 Å². The molecule has 296 valence electrons. The van der Waals surface area contributed by atoms with Gasteiger partial charge in [0.1, 0.15) is 11.8 Å². The first-order chi connectivity index (χ1) is 25.8. The van der Waals surface area contributed by atoms with Crippen LogP contribution < -0.4 is 24.2 Å². The number of rotatable bonds is 14. The zero-order valence-corrected chi connectivity index (χ0v) is 34.0. The van der Waals surface area contributed by atoms with Crippen molar-refractivity contribution in [3.05, 3.63) is 95.6 Å². The third-order valence-electron chi connectivity index (χ3n) is 10.8. The predicted molar refractivity (Wildman–Crippen MR) is 216 cm³/mol. The average molecular weight is 793 g/mol. The molecule has 4 aromatic carbocycles. The molecule has 2 heterocycles. The van der Waals surface area contributed by atoms with Crippen molar-refractivity contribution in [3.63, 3.8) is 0 Å². The Balaban J connectivity index is 0.00000580. The number of carbonyl (C=O) groups excluding carboxylic acids is 2. The molecule has 11 nitrogen and oxygen atoms in total. The highest BCUT2D eigenvalue weighted by atomic mass is 35.5. The Labute approximate surface area is 331 Å². The molecule has 2 N–H and O–H groups in total. The maximum Gasteiger partial charge on any atom is 0.245 e. The molecule has 0 spiro atoms. The van der Waals surface area contributed by atoms with Gasteiger partial charge in [-0.1, -0.05) is 48.9 Å². The van der Waals surface area contributed by atoms with Crippen molar-refractivity contribution >= 4 is 45.0 Å². The third kappa shape index (κ3) is 10.1. The number of hydrogen-bond acceptors (Lipinski definition) is 8. The molecule has 0 saturated carbocycles. The molecular weight excluding hydrogens is 740 g/mol. The lowest BCUT2D eigenvalue weighted by Gasteiger charge is -2.39. The fraction of sp³-hybridized carbons (Fsp3) is 0.429. The minimum atomic E-state index is -4.13. The summed E-state index contributed by atoms with van der Waals surface area (Å²) in [6.07, 6.45) is 3.66. The highest BCUT2D eigenvalue weighted by molar-refractivity contribution is 7.89. The Hall–Kier alpha value is -4.36. The molecular formula is C42H53ClN4O7S. The average Bonchev–Trinajstić information content (AvgIpc) is 3.63. The number of benzene rings is 4. The summed E-state index contributed by atoms with van der Waals surface area (Å²) in [5.74, 6) is 0.937. The van der Waals surface area contributed by atoms with Crippen LogP contribution in [0.25, 0.3) is 10.8 Å². The summed E-state index contributed by atoms with van der Waals surface area (Å²) in [6, 6.07) is 22.7. The second kappa shape index (κ2) is 18.1. The van der Waals surface area contributed by atoms with E-state index >= 15 is 0 Å². The number of likely N-dealkylation sites (tertiary alicyclic amines) is 1. The molecule has 1 fully saturated rings. The normalized spacial score (nSPS) is 18.0. The van der Waals surface area contributed by atoms with Crippen LogP contribution in [0.3, 0.4) is 0 Å². The van der Waals surface area contributed by atoms with Gasteiger partial charge >= 0.3 is 0 Å². The standard InChI is InChI=1S/C42H52N4O7S.ClH/c1-27(2)45(5)42(48)38(20-30-10-12-31(13-11-30)25-46-28(3)8-7-9-29(46)4)43-41(47)24-37(34-16-19-39-40(23-34)53-26-52-39)44-54(49,50)36-18-15-32-21-35(51-6)17-14-33(32)22-36;/h10-19,21-23,27-29,37-38,44H,7-9,20,24-26H2,1-6H3,(H,43,47);1H/t28?,29?,37-,38+;/m1./s1. The van der Waals surface area contributed by atoms with E-state index in [-0.39, 0.29) is 48.9 Å². The molecule has 2 aliphatic heterocycles. The van der Waals surface area contributed by atoms with Gasteiger partial charge in [0.2, 0.25) is 28.6 Å². The zero-order valence-electron chi connectivity index (χ0n) is 32.4. The van der Waals surface area contributed by atoms with Crippen LogP contribution in [0.2, 0.25) is 0 Å². The first kappa shape index (κ1) is 41.8. The van der Waals surface area contributed by atoms with E-state index in [1.165, 1.54) is 30.9 Å². The third-order valence-corrected chi connectivity index (χ3v) is 12.2. The van der Waals surface area contributed by atoms with Crippen molar-refractivity contribution in [2.45, 2.75) is 101 Å². The predicted octanol–water partition coefficient (Wildman–Crippen LogP) is 6.77. The smallest absolute Gasteiger partial charge is 0.245 e. The molecule has 0 radical (unpaired) electrons. The molecule has 4 aromatic rings. The molecule has 6 rings (SSSR count). The van der Waals surface area contributed by atoms with E-state index in [1.54, 1.807) is 61.5 Å². The van der Waals surface area contributed by atoms with Gasteiger partial charge in [-0.2, -0.15) is 0 Å². The maximum atomic E-state index is 14.0. The number of piperidine rings is 1. The number of nitrogens with zero attached hydrogens (tertiary/aromatic N) is 2. The molecule has 0 bridgehead atoms. The number of carbonyl (C=O) groups is 2. The Morgan fingerprint density at radius 3 is 2.24 bits per heavy atom. The van der Waals surface area contributed by atoms with E-state index in [4.69, 9.17) is 14.2 Å². The molecule has 1 saturated heterocycles. The molecule has 2 amide bonds. The largest absolute Gasteiger partial charge is 0.497 e. The topological polar surface area (TPSA) is 127 Å². The number of methoxy groups -OCH3 is 1. The lowest BCUT2D eigenvalue weighted by atomic mass is 9.96. The first-order valence-electron chi connectivity index (χ1n) is 18.7. The van der Waals surface area contributed by atoms with Crippen LogP contribution in [0, 0.1) is 0 Å². The number of nitrogens with one attached hydrogen (secondary N) is 2. The summed E-state index contributed by atoms with van der Waals surface area (Å²) in [5, 5.41) is 4.51. The van der Waals surface area contributed by atoms with Crippen molar-refractivity contribution in [3.8, 4) is 17.2 Å². The Morgan fingerprint density at radius 1 is 0.891 bits per heavy atom. The highest BCUT2D eigenvalue weighted by Crippen LogP contribution is 2.35. The van der Waals surface area contributed by atoms with Crippen molar-refractivity contribution in [2.24, 2.45) is 0 Å². The minimum Gasteiger partial charge on any atom is -0.497 e. The molecule has 0 aliphatic carbocycles.